The third kappa shape index (κ3) is 2.47. The van der Waals surface area contributed by atoms with Gasteiger partial charge in [0.25, 0.3) is 0 Å². The largest absolute Gasteiger partial charge is 0.383 e. The second-order valence-corrected chi connectivity index (χ2v) is 3.81. The number of aromatic nitrogens is 4. The van der Waals surface area contributed by atoms with Crippen LogP contribution >= 0.6 is 0 Å². The van der Waals surface area contributed by atoms with E-state index in [1.54, 1.807) is 13.3 Å². The molecule has 0 amide bonds. The Labute approximate surface area is 100 Å². The first-order chi connectivity index (χ1) is 8.22. The third-order valence-electron chi connectivity index (χ3n) is 2.46. The van der Waals surface area contributed by atoms with E-state index in [1.165, 1.54) is 0 Å². The van der Waals surface area contributed by atoms with Crippen molar-refractivity contribution in [3.63, 3.8) is 0 Å². The molecule has 0 saturated carbocycles. The lowest BCUT2D eigenvalue weighted by molar-refractivity contribution is 0.210. The molecule has 2 rings (SSSR count). The van der Waals surface area contributed by atoms with Crippen molar-refractivity contribution in [2.45, 2.75) is 6.92 Å². The number of imidazole rings is 1. The minimum Gasteiger partial charge on any atom is -0.383 e. The molecule has 0 radical (unpaired) electrons. The van der Waals surface area contributed by atoms with Gasteiger partial charge in [-0.05, 0) is 6.92 Å². The van der Waals surface area contributed by atoms with Gasteiger partial charge in [0.05, 0.1) is 18.5 Å². The number of aryl methyl sites for hydroxylation is 2. The van der Waals surface area contributed by atoms with Crippen molar-refractivity contribution in [1.29, 1.82) is 0 Å². The first kappa shape index (κ1) is 11.7. The van der Waals surface area contributed by atoms with Crippen molar-refractivity contribution in [1.82, 2.24) is 19.3 Å². The standard InChI is InChI=1S/C11H17N5O/c1-9-8-16(10-4-5-13-15(10)2)11(14-9)12-6-7-17-3/h4-5,8H,6-7H2,1-3H3,(H,12,14). The number of nitrogens with zero attached hydrogens (tertiary/aromatic N) is 4. The molecule has 1 N–H and O–H groups in total. The van der Waals surface area contributed by atoms with E-state index in [-0.39, 0.29) is 0 Å². The van der Waals surface area contributed by atoms with Crippen molar-refractivity contribution in [2.75, 3.05) is 25.6 Å². The highest BCUT2D eigenvalue weighted by Crippen LogP contribution is 2.15. The topological polar surface area (TPSA) is 56.9 Å². The Morgan fingerprint density at radius 1 is 1.47 bits per heavy atom. The summed E-state index contributed by atoms with van der Waals surface area (Å²) in [6.07, 6.45) is 3.75. The molecule has 2 heterocycles. The van der Waals surface area contributed by atoms with E-state index in [0.29, 0.717) is 6.61 Å². The van der Waals surface area contributed by atoms with Crippen LogP contribution in [0.5, 0.6) is 0 Å². The van der Waals surface area contributed by atoms with Gasteiger partial charge in [0.2, 0.25) is 5.95 Å². The summed E-state index contributed by atoms with van der Waals surface area (Å²) in [5.74, 6) is 1.79. The molecule has 0 aromatic carbocycles. The fourth-order valence-electron chi connectivity index (χ4n) is 1.67. The number of methoxy groups -OCH3 is 1. The normalized spacial score (nSPS) is 10.8. The minimum atomic E-state index is 0.650. The number of anilines is 1. The predicted molar refractivity (Wildman–Crippen MR) is 65.4 cm³/mol. The van der Waals surface area contributed by atoms with Crippen molar-refractivity contribution >= 4 is 5.95 Å². The summed E-state index contributed by atoms with van der Waals surface area (Å²) in [6.45, 7) is 3.34. The SMILES string of the molecule is COCCNc1nc(C)cn1-c1ccnn1C. The molecule has 0 spiro atoms. The summed E-state index contributed by atoms with van der Waals surface area (Å²) in [4.78, 5) is 4.43. The van der Waals surface area contributed by atoms with Crippen molar-refractivity contribution < 1.29 is 4.74 Å². The number of rotatable bonds is 5. The Kier molecular flexibility index (Phi) is 3.43. The molecule has 0 atom stereocenters. The zero-order valence-corrected chi connectivity index (χ0v) is 10.3. The van der Waals surface area contributed by atoms with E-state index in [1.807, 2.05) is 35.5 Å². The van der Waals surface area contributed by atoms with Gasteiger partial charge in [-0.2, -0.15) is 5.10 Å². The smallest absolute Gasteiger partial charge is 0.209 e. The van der Waals surface area contributed by atoms with Crippen LogP contribution in [0.4, 0.5) is 5.95 Å². The second kappa shape index (κ2) is 5.01. The number of ether oxygens (including phenoxy) is 1. The van der Waals surface area contributed by atoms with Crippen LogP contribution in [0.15, 0.2) is 18.5 Å². The van der Waals surface area contributed by atoms with E-state index >= 15 is 0 Å². The minimum absolute atomic E-state index is 0.650. The van der Waals surface area contributed by atoms with E-state index in [2.05, 4.69) is 15.4 Å². The summed E-state index contributed by atoms with van der Waals surface area (Å²) in [5, 5.41) is 7.39. The quantitative estimate of drug-likeness (QED) is 0.785. The van der Waals surface area contributed by atoms with E-state index in [0.717, 1.165) is 24.0 Å². The summed E-state index contributed by atoms with van der Waals surface area (Å²) < 4.78 is 8.80. The number of hydrogen-bond donors (Lipinski definition) is 1. The maximum atomic E-state index is 5.01. The van der Waals surface area contributed by atoms with E-state index in [9.17, 15) is 0 Å². The third-order valence-corrected chi connectivity index (χ3v) is 2.46. The van der Waals surface area contributed by atoms with Gasteiger partial charge in [-0.3, -0.25) is 9.25 Å². The molecule has 0 aliphatic heterocycles. The fourth-order valence-corrected chi connectivity index (χ4v) is 1.67. The molecule has 0 aliphatic rings. The molecule has 0 aliphatic carbocycles. The van der Waals surface area contributed by atoms with Gasteiger partial charge in [-0.1, -0.05) is 0 Å². The van der Waals surface area contributed by atoms with Crippen LogP contribution in [0.1, 0.15) is 5.69 Å². The highest BCUT2D eigenvalue weighted by atomic mass is 16.5. The monoisotopic (exact) mass is 235 g/mol. The summed E-state index contributed by atoms with van der Waals surface area (Å²) >= 11 is 0. The van der Waals surface area contributed by atoms with Crippen LogP contribution in [0.25, 0.3) is 5.82 Å². The van der Waals surface area contributed by atoms with Crippen LogP contribution in [0.2, 0.25) is 0 Å². The van der Waals surface area contributed by atoms with Crippen LogP contribution in [0, 0.1) is 6.92 Å². The Morgan fingerprint density at radius 3 is 2.94 bits per heavy atom. The summed E-state index contributed by atoms with van der Waals surface area (Å²) in [7, 11) is 3.59. The average molecular weight is 235 g/mol. The summed E-state index contributed by atoms with van der Waals surface area (Å²) in [5.41, 5.74) is 0.964. The van der Waals surface area contributed by atoms with Gasteiger partial charge in [-0.25, -0.2) is 4.98 Å². The Bertz CT molecular complexity index is 488. The molecule has 17 heavy (non-hydrogen) atoms. The molecule has 2 aromatic rings. The van der Waals surface area contributed by atoms with Crippen LogP contribution < -0.4 is 5.32 Å². The average Bonchev–Trinajstić information content (AvgIpc) is 2.85. The highest BCUT2D eigenvalue weighted by molar-refractivity contribution is 5.38. The molecule has 0 saturated heterocycles. The van der Waals surface area contributed by atoms with Crippen molar-refractivity contribution in [3.05, 3.63) is 24.2 Å². The van der Waals surface area contributed by atoms with Gasteiger partial charge < -0.3 is 10.1 Å². The molecule has 92 valence electrons. The van der Waals surface area contributed by atoms with Gasteiger partial charge in [0.1, 0.15) is 5.82 Å². The number of hydrogen-bond acceptors (Lipinski definition) is 4. The maximum absolute atomic E-state index is 5.01. The van der Waals surface area contributed by atoms with Crippen molar-refractivity contribution in [2.24, 2.45) is 7.05 Å². The first-order valence-electron chi connectivity index (χ1n) is 5.49. The summed E-state index contributed by atoms with van der Waals surface area (Å²) in [6, 6.07) is 1.95. The molecule has 2 aromatic heterocycles. The van der Waals surface area contributed by atoms with Crippen LogP contribution in [0.3, 0.4) is 0 Å². The van der Waals surface area contributed by atoms with Gasteiger partial charge >= 0.3 is 0 Å². The molecular weight excluding hydrogens is 218 g/mol. The molecule has 6 heteroatoms. The molecular formula is C11H17N5O. The lowest BCUT2D eigenvalue weighted by Crippen LogP contribution is -2.13. The Hall–Kier alpha value is -1.82. The van der Waals surface area contributed by atoms with Crippen LogP contribution in [-0.2, 0) is 11.8 Å². The predicted octanol–water partition coefficient (Wildman–Crippen LogP) is 0.973. The van der Waals surface area contributed by atoms with E-state index in [4.69, 9.17) is 4.74 Å². The zero-order chi connectivity index (χ0) is 12.3. The lowest BCUT2D eigenvalue weighted by Gasteiger charge is -2.09. The fraction of sp³-hybridized carbons (Fsp3) is 0.455. The lowest BCUT2D eigenvalue weighted by atomic mass is 10.5. The van der Waals surface area contributed by atoms with E-state index < -0.39 is 0 Å². The molecule has 0 bridgehead atoms. The molecule has 6 nitrogen and oxygen atoms in total. The van der Waals surface area contributed by atoms with Gasteiger partial charge in [-0.15, -0.1) is 0 Å². The van der Waals surface area contributed by atoms with Gasteiger partial charge in [0.15, 0.2) is 0 Å². The highest BCUT2D eigenvalue weighted by Gasteiger charge is 2.09. The maximum Gasteiger partial charge on any atom is 0.209 e. The first-order valence-corrected chi connectivity index (χ1v) is 5.49. The van der Waals surface area contributed by atoms with Gasteiger partial charge in [0, 0.05) is 33.0 Å². The second-order valence-electron chi connectivity index (χ2n) is 3.81. The van der Waals surface area contributed by atoms with Crippen LogP contribution in [-0.4, -0.2) is 39.6 Å². The van der Waals surface area contributed by atoms with Crippen molar-refractivity contribution in [3.8, 4) is 5.82 Å². The molecule has 0 unspecified atom stereocenters. The molecule has 0 fully saturated rings. The Morgan fingerprint density at radius 2 is 2.29 bits per heavy atom. The zero-order valence-electron chi connectivity index (χ0n) is 10.3. The number of nitrogens with one attached hydrogen (secondary N) is 1. The Balaban J connectivity index is 2.25.